The molecule has 13 heavy (non-hydrogen) atoms. The summed E-state index contributed by atoms with van der Waals surface area (Å²) in [5.41, 5.74) is 1.45. The summed E-state index contributed by atoms with van der Waals surface area (Å²) >= 11 is 0. The number of carbonyl (C=O) groups excluding carboxylic acids is 1. The van der Waals surface area contributed by atoms with Crippen LogP contribution in [-0.2, 0) is 0 Å². The standard InChI is InChI=1S/C10H14N2O/c1-4-10(13)9-5-8(7(2)3)11-6-12-9/h5-7H,4H2,1-3H3. The fourth-order valence-corrected chi connectivity index (χ4v) is 1.02. The number of carbonyl (C=O) groups is 1. The van der Waals surface area contributed by atoms with Crippen LogP contribution in [0.1, 0.15) is 49.3 Å². The van der Waals surface area contributed by atoms with Gasteiger partial charge in [-0.15, -0.1) is 0 Å². The molecule has 0 saturated carbocycles. The molecule has 1 aromatic rings. The molecule has 1 aromatic heterocycles. The zero-order valence-electron chi connectivity index (χ0n) is 8.24. The molecule has 1 rings (SSSR count). The summed E-state index contributed by atoms with van der Waals surface area (Å²) in [5, 5.41) is 0. The molecule has 0 unspecified atom stereocenters. The molecular weight excluding hydrogens is 164 g/mol. The highest BCUT2D eigenvalue weighted by molar-refractivity contribution is 5.93. The van der Waals surface area contributed by atoms with Gasteiger partial charge in [-0.1, -0.05) is 20.8 Å². The fraction of sp³-hybridized carbons (Fsp3) is 0.500. The van der Waals surface area contributed by atoms with E-state index in [-0.39, 0.29) is 5.78 Å². The number of rotatable bonds is 3. The Morgan fingerprint density at radius 3 is 2.69 bits per heavy atom. The molecular formula is C10H14N2O. The minimum Gasteiger partial charge on any atom is -0.292 e. The van der Waals surface area contributed by atoms with Crippen molar-refractivity contribution in [3.8, 4) is 0 Å². The minimum absolute atomic E-state index is 0.0734. The molecule has 0 aromatic carbocycles. The lowest BCUT2D eigenvalue weighted by atomic mass is 10.1. The third-order valence-corrected chi connectivity index (χ3v) is 1.89. The summed E-state index contributed by atoms with van der Waals surface area (Å²) in [5.74, 6) is 0.413. The molecule has 0 amide bonds. The van der Waals surface area contributed by atoms with Crippen molar-refractivity contribution in [2.75, 3.05) is 0 Å². The van der Waals surface area contributed by atoms with Gasteiger partial charge in [0.05, 0.1) is 0 Å². The average molecular weight is 178 g/mol. The summed E-state index contributed by atoms with van der Waals surface area (Å²) < 4.78 is 0. The topological polar surface area (TPSA) is 42.9 Å². The van der Waals surface area contributed by atoms with Crippen molar-refractivity contribution in [3.05, 3.63) is 23.8 Å². The van der Waals surface area contributed by atoms with Crippen LogP contribution in [0.2, 0.25) is 0 Å². The Morgan fingerprint density at radius 2 is 2.15 bits per heavy atom. The van der Waals surface area contributed by atoms with E-state index in [1.54, 1.807) is 6.07 Å². The van der Waals surface area contributed by atoms with E-state index in [0.717, 1.165) is 5.69 Å². The molecule has 0 aliphatic heterocycles. The largest absolute Gasteiger partial charge is 0.292 e. The Balaban J connectivity index is 2.98. The maximum absolute atomic E-state index is 11.3. The summed E-state index contributed by atoms with van der Waals surface area (Å²) in [6, 6.07) is 1.77. The molecule has 0 bridgehead atoms. The number of nitrogens with zero attached hydrogens (tertiary/aromatic N) is 2. The molecule has 3 nitrogen and oxygen atoms in total. The number of aromatic nitrogens is 2. The highest BCUT2D eigenvalue weighted by Gasteiger charge is 2.07. The second kappa shape index (κ2) is 4.12. The first-order valence-corrected chi connectivity index (χ1v) is 4.50. The van der Waals surface area contributed by atoms with Crippen LogP contribution < -0.4 is 0 Å². The van der Waals surface area contributed by atoms with Gasteiger partial charge in [-0.3, -0.25) is 4.79 Å². The maximum atomic E-state index is 11.3. The van der Waals surface area contributed by atoms with Crippen molar-refractivity contribution in [1.29, 1.82) is 0 Å². The van der Waals surface area contributed by atoms with Gasteiger partial charge in [-0.2, -0.15) is 0 Å². The van der Waals surface area contributed by atoms with Gasteiger partial charge in [0.25, 0.3) is 0 Å². The smallest absolute Gasteiger partial charge is 0.181 e. The molecule has 0 fully saturated rings. The van der Waals surface area contributed by atoms with Gasteiger partial charge in [-0.25, -0.2) is 9.97 Å². The van der Waals surface area contributed by atoms with E-state index in [0.29, 0.717) is 18.0 Å². The first-order valence-electron chi connectivity index (χ1n) is 4.50. The predicted octanol–water partition coefficient (Wildman–Crippen LogP) is 2.19. The first kappa shape index (κ1) is 9.84. The predicted molar refractivity (Wildman–Crippen MR) is 50.7 cm³/mol. The summed E-state index contributed by atoms with van der Waals surface area (Å²) in [6.07, 6.45) is 1.95. The van der Waals surface area contributed by atoms with Gasteiger partial charge >= 0.3 is 0 Å². The van der Waals surface area contributed by atoms with E-state index >= 15 is 0 Å². The zero-order valence-corrected chi connectivity index (χ0v) is 8.24. The van der Waals surface area contributed by atoms with E-state index in [9.17, 15) is 4.79 Å². The van der Waals surface area contributed by atoms with Gasteiger partial charge < -0.3 is 0 Å². The van der Waals surface area contributed by atoms with Gasteiger partial charge in [0.1, 0.15) is 12.0 Å². The highest BCUT2D eigenvalue weighted by atomic mass is 16.1. The average Bonchev–Trinajstić information content (AvgIpc) is 2.17. The molecule has 70 valence electrons. The summed E-state index contributed by atoms with van der Waals surface area (Å²) in [4.78, 5) is 19.3. The number of hydrogen-bond donors (Lipinski definition) is 0. The van der Waals surface area contributed by atoms with Crippen LogP contribution in [-0.4, -0.2) is 15.8 Å². The van der Waals surface area contributed by atoms with Gasteiger partial charge in [-0.05, 0) is 12.0 Å². The Morgan fingerprint density at radius 1 is 1.46 bits per heavy atom. The number of hydrogen-bond acceptors (Lipinski definition) is 3. The molecule has 0 atom stereocenters. The van der Waals surface area contributed by atoms with Gasteiger partial charge in [0, 0.05) is 12.1 Å². The normalized spacial score (nSPS) is 10.5. The van der Waals surface area contributed by atoms with Gasteiger partial charge in [0.15, 0.2) is 5.78 Å². The third kappa shape index (κ3) is 2.34. The lowest BCUT2D eigenvalue weighted by Crippen LogP contribution is -2.03. The Labute approximate surface area is 78.2 Å². The van der Waals surface area contributed by atoms with Crippen molar-refractivity contribution in [2.24, 2.45) is 0 Å². The fourth-order valence-electron chi connectivity index (χ4n) is 1.02. The van der Waals surface area contributed by atoms with Crippen LogP contribution in [0.25, 0.3) is 0 Å². The summed E-state index contributed by atoms with van der Waals surface area (Å²) in [7, 11) is 0. The lowest BCUT2D eigenvalue weighted by molar-refractivity contribution is 0.0983. The van der Waals surface area contributed by atoms with Crippen molar-refractivity contribution in [2.45, 2.75) is 33.1 Å². The van der Waals surface area contributed by atoms with Crippen molar-refractivity contribution >= 4 is 5.78 Å². The van der Waals surface area contributed by atoms with E-state index in [1.165, 1.54) is 6.33 Å². The van der Waals surface area contributed by atoms with Gasteiger partial charge in [0.2, 0.25) is 0 Å². The van der Waals surface area contributed by atoms with Crippen LogP contribution in [0.15, 0.2) is 12.4 Å². The van der Waals surface area contributed by atoms with Crippen molar-refractivity contribution < 1.29 is 4.79 Å². The van der Waals surface area contributed by atoms with Crippen LogP contribution in [0.3, 0.4) is 0 Å². The van der Waals surface area contributed by atoms with Crippen LogP contribution >= 0.6 is 0 Å². The van der Waals surface area contributed by atoms with Crippen LogP contribution in [0, 0.1) is 0 Å². The SMILES string of the molecule is CCC(=O)c1cc(C(C)C)ncn1. The first-order chi connectivity index (χ1) is 6.15. The lowest BCUT2D eigenvalue weighted by Gasteiger charge is -2.04. The monoisotopic (exact) mass is 178 g/mol. The number of Topliss-reactive ketones (excluding diaryl/α,β-unsaturated/α-hetero) is 1. The Hall–Kier alpha value is -1.25. The Bertz CT molecular complexity index is 308. The molecule has 0 aliphatic rings. The van der Waals surface area contributed by atoms with Crippen molar-refractivity contribution in [1.82, 2.24) is 9.97 Å². The zero-order chi connectivity index (χ0) is 9.84. The van der Waals surface area contributed by atoms with E-state index in [2.05, 4.69) is 9.97 Å². The molecule has 3 heteroatoms. The van der Waals surface area contributed by atoms with E-state index < -0.39 is 0 Å². The second-order valence-electron chi connectivity index (χ2n) is 3.26. The highest BCUT2D eigenvalue weighted by Crippen LogP contribution is 2.11. The molecule has 1 heterocycles. The second-order valence-corrected chi connectivity index (χ2v) is 3.26. The molecule has 0 spiro atoms. The molecule has 0 aliphatic carbocycles. The molecule has 0 radical (unpaired) electrons. The quantitative estimate of drug-likeness (QED) is 0.666. The summed E-state index contributed by atoms with van der Waals surface area (Å²) in [6.45, 7) is 5.92. The molecule has 0 N–H and O–H groups in total. The Kier molecular flexibility index (Phi) is 3.12. The van der Waals surface area contributed by atoms with Crippen LogP contribution in [0.4, 0.5) is 0 Å². The molecule has 0 saturated heterocycles. The van der Waals surface area contributed by atoms with Crippen LogP contribution in [0.5, 0.6) is 0 Å². The van der Waals surface area contributed by atoms with Crippen molar-refractivity contribution in [3.63, 3.8) is 0 Å². The number of ketones is 1. The van der Waals surface area contributed by atoms with E-state index in [1.807, 2.05) is 20.8 Å². The van der Waals surface area contributed by atoms with E-state index in [4.69, 9.17) is 0 Å². The maximum Gasteiger partial charge on any atom is 0.181 e. The minimum atomic E-state index is 0.0734. The third-order valence-electron chi connectivity index (χ3n) is 1.89.